The molecule has 2 N–H and O–H groups in total. The van der Waals surface area contributed by atoms with Crippen LogP contribution >= 0.6 is 0 Å². The summed E-state index contributed by atoms with van der Waals surface area (Å²) in [4.78, 5) is 26.3. The number of phenolic OH excluding ortho intramolecular Hbond substituents is 1. The first-order chi connectivity index (χ1) is 12.7. The summed E-state index contributed by atoms with van der Waals surface area (Å²) >= 11 is 0. The predicted octanol–water partition coefficient (Wildman–Crippen LogP) is 3.80. The molecular weight excluding hydrogens is 356 g/mol. The van der Waals surface area contributed by atoms with Gasteiger partial charge in [-0.2, -0.15) is 0 Å². The van der Waals surface area contributed by atoms with Gasteiger partial charge in [0.2, 0.25) is 0 Å². The Labute approximate surface area is 154 Å². The van der Waals surface area contributed by atoms with E-state index in [9.17, 15) is 28.6 Å². The van der Waals surface area contributed by atoms with E-state index in [4.69, 9.17) is 0 Å². The molecule has 0 aliphatic carbocycles. The third kappa shape index (κ3) is 3.16. The van der Waals surface area contributed by atoms with E-state index >= 15 is 0 Å². The molecule has 0 bridgehead atoms. The quantitative estimate of drug-likeness (QED) is 0.855. The number of anilines is 1. The molecule has 1 aliphatic heterocycles. The van der Waals surface area contributed by atoms with Gasteiger partial charge in [-0.1, -0.05) is 26.0 Å². The summed E-state index contributed by atoms with van der Waals surface area (Å²) in [5.74, 6) is -4.75. The molecule has 27 heavy (non-hydrogen) atoms. The number of nitrogens with zero attached hydrogens (tertiary/aromatic N) is 1. The van der Waals surface area contributed by atoms with E-state index in [0.29, 0.717) is 11.6 Å². The third-order valence-electron chi connectivity index (χ3n) is 4.35. The number of Topliss-reactive ketones (excluding diaryl/α,β-unsaturated/α-hetero) is 1. The van der Waals surface area contributed by atoms with Crippen molar-refractivity contribution in [1.82, 2.24) is 0 Å². The smallest absolute Gasteiger partial charge is 0.294 e. The molecule has 1 amide bonds. The fourth-order valence-corrected chi connectivity index (χ4v) is 3.10. The van der Waals surface area contributed by atoms with Crippen molar-refractivity contribution in [3.8, 4) is 5.75 Å². The van der Waals surface area contributed by atoms with E-state index in [2.05, 4.69) is 0 Å². The minimum Gasteiger partial charge on any atom is -0.508 e. The van der Waals surface area contributed by atoms with Crippen LogP contribution in [0, 0.1) is 17.6 Å². The van der Waals surface area contributed by atoms with Gasteiger partial charge < -0.3 is 10.2 Å². The zero-order chi connectivity index (χ0) is 19.9. The van der Waals surface area contributed by atoms with Crippen LogP contribution in [-0.4, -0.2) is 21.9 Å². The van der Waals surface area contributed by atoms with Gasteiger partial charge in [0.25, 0.3) is 5.91 Å². The van der Waals surface area contributed by atoms with Crippen molar-refractivity contribution in [2.45, 2.75) is 19.9 Å². The molecule has 0 saturated heterocycles. The zero-order valence-corrected chi connectivity index (χ0v) is 14.6. The van der Waals surface area contributed by atoms with Crippen molar-refractivity contribution < 1.29 is 28.6 Å². The fourth-order valence-electron chi connectivity index (χ4n) is 3.10. The van der Waals surface area contributed by atoms with E-state index in [-0.39, 0.29) is 17.0 Å². The van der Waals surface area contributed by atoms with E-state index in [0.717, 1.165) is 17.0 Å². The maximum atomic E-state index is 14.4. The topological polar surface area (TPSA) is 77.8 Å². The number of benzene rings is 2. The first-order valence-corrected chi connectivity index (χ1v) is 8.27. The Kier molecular flexibility index (Phi) is 4.70. The Bertz CT molecular complexity index is 968. The zero-order valence-electron chi connectivity index (χ0n) is 14.6. The number of carbonyl (C=O) groups is 2. The van der Waals surface area contributed by atoms with Crippen molar-refractivity contribution in [2.75, 3.05) is 4.90 Å². The van der Waals surface area contributed by atoms with E-state index in [1.165, 1.54) is 24.3 Å². The van der Waals surface area contributed by atoms with Gasteiger partial charge in [0.05, 0.1) is 17.3 Å². The second-order valence-electron chi connectivity index (χ2n) is 6.55. The molecule has 1 aliphatic rings. The molecule has 2 aromatic carbocycles. The van der Waals surface area contributed by atoms with Crippen LogP contribution in [0.2, 0.25) is 0 Å². The molecule has 0 fully saturated rings. The van der Waals surface area contributed by atoms with E-state index in [1.807, 2.05) is 0 Å². The third-order valence-corrected chi connectivity index (χ3v) is 4.35. The number of hydrogen-bond acceptors (Lipinski definition) is 4. The van der Waals surface area contributed by atoms with E-state index in [1.54, 1.807) is 13.8 Å². The second-order valence-corrected chi connectivity index (χ2v) is 6.55. The van der Waals surface area contributed by atoms with Crippen LogP contribution in [0.25, 0.3) is 0 Å². The SMILES string of the molecule is CC(C)C(=O)C1=C(O)C(=O)N(c2ccc(F)cc2F)C1c1cccc(O)c1. The summed E-state index contributed by atoms with van der Waals surface area (Å²) in [6.45, 7) is 3.21. The number of amides is 1. The molecule has 5 nitrogen and oxygen atoms in total. The Morgan fingerprint density at radius 2 is 1.81 bits per heavy atom. The van der Waals surface area contributed by atoms with Crippen LogP contribution in [0.5, 0.6) is 5.75 Å². The Hall–Kier alpha value is -3.22. The number of aromatic hydroxyl groups is 1. The monoisotopic (exact) mass is 373 g/mol. The molecule has 140 valence electrons. The lowest BCUT2D eigenvalue weighted by atomic mass is 9.91. The van der Waals surface area contributed by atoms with Gasteiger partial charge in [0.1, 0.15) is 17.4 Å². The number of rotatable bonds is 4. The van der Waals surface area contributed by atoms with Gasteiger partial charge in [-0.15, -0.1) is 0 Å². The summed E-state index contributed by atoms with van der Waals surface area (Å²) in [7, 11) is 0. The minimum atomic E-state index is -1.15. The van der Waals surface area contributed by atoms with Gasteiger partial charge in [0, 0.05) is 12.0 Å². The molecule has 1 unspecified atom stereocenters. The molecule has 1 heterocycles. The Morgan fingerprint density at radius 1 is 1.11 bits per heavy atom. The highest BCUT2D eigenvalue weighted by Gasteiger charge is 2.45. The lowest BCUT2D eigenvalue weighted by Crippen LogP contribution is -2.32. The highest BCUT2D eigenvalue weighted by molar-refractivity contribution is 6.16. The normalized spacial score (nSPS) is 17.1. The van der Waals surface area contributed by atoms with Crippen LogP contribution in [0.1, 0.15) is 25.5 Å². The summed E-state index contributed by atoms with van der Waals surface area (Å²) < 4.78 is 27.7. The van der Waals surface area contributed by atoms with Crippen LogP contribution in [0.4, 0.5) is 14.5 Å². The summed E-state index contributed by atoms with van der Waals surface area (Å²) in [5, 5.41) is 20.2. The van der Waals surface area contributed by atoms with Gasteiger partial charge in [-0.3, -0.25) is 14.5 Å². The lowest BCUT2D eigenvalue weighted by Gasteiger charge is -2.27. The number of halogens is 2. The molecule has 2 aromatic rings. The van der Waals surface area contributed by atoms with Gasteiger partial charge in [-0.05, 0) is 29.8 Å². The number of aliphatic hydroxyl groups is 1. The largest absolute Gasteiger partial charge is 0.508 e. The van der Waals surface area contributed by atoms with Crippen LogP contribution in [0.15, 0.2) is 53.8 Å². The minimum absolute atomic E-state index is 0.123. The maximum absolute atomic E-state index is 14.4. The van der Waals surface area contributed by atoms with Crippen LogP contribution in [0.3, 0.4) is 0 Å². The predicted molar refractivity (Wildman–Crippen MR) is 94.2 cm³/mol. The van der Waals surface area contributed by atoms with Crippen molar-refractivity contribution in [1.29, 1.82) is 0 Å². The highest BCUT2D eigenvalue weighted by Crippen LogP contribution is 2.43. The van der Waals surface area contributed by atoms with Crippen LogP contribution in [-0.2, 0) is 9.59 Å². The number of carbonyl (C=O) groups excluding carboxylic acids is 2. The van der Waals surface area contributed by atoms with Crippen molar-refractivity contribution in [3.05, 3.63) is 71.0 Å². The molecule has 0 spiro atoms. The molecule has 0 radical (unpaired) electrons. The van der Waals surface area contributed by atoms with Gasteiger partial charge in [0.15, 0.2) is 11.5 Å². The van der Waals surface area contributed by atoms with Crippen molar-refractivity contribution >= 4 is 17.4 Å². The molecule has 7 heteroatoms. The number of aliphatic hydroxyl groups excluding tert-OH is 1. The lowest BCUT2D eigenvalue weighted by molar-refractivity contribution is -0.119. The Morgan fingerprint density at radius 3 is 2.41 bits per heavy atom. The second kappa shape index (κ2) is 6.83. The first kappa shape index (κ1) is 18.6. The number of hydrogen-bond donors (Lipinski definition) is 2. The molecular formula is C20H17F2NO4. The highest BCUT2D eigenvalue weighted by atomic mass is 19.1. The maximum Gasteiger partial charge on any atom is 0.294 e. The van der Waals surface area contributed by atoms with Gasteiger partial charge in [-0.25, -0.2) is 8.78 Å². The van der Waals surface area contributed by atoms with E-state index < -0.39 is 41.0 Å². The molecule has 3 rings (SSSR count). The molecule has 1 atom stereocenters. The molecule has 0 aromatic heterocycles. The summed E-state index contributed by atoms with van der Waals surface area (Å²) in [6, 6.07) is 7.26. The van der Waals surface area contributed by atoms with Crippen LogP contribution < -0.4 is 4.90 Å². The first-order valence-electron chi connectivity index (χ1n) is 8.27. The van der Waals surface area contributed by atoms with Gasteiger partial charge >= 0.3 is 0 Å². The standard InChI is InChI=1S/C20H17F2NO4/c1-10(2)18(25)16-17(11-4-3-5-13(24)8-11)23(20(27)19(16)26)15-7-6-12(21)9-14(15)22/h3-10,17,24,26H,1-2H3. The average molecular weight is 373 g/mol. The summed E-state index contributed by atoms with van der Waals surface area (Å²) in [5.41, 5.74) is -0.169. The number of phenols is 1. The fraction of sp³-hybridized carbons (Fsp3) is 0.200. The number of ketones is 1. The molecule has 0 saturated carbocycles. The van der Waals surface area contributed by atoms with Crippen molar-refractivity contribution in [3.63, 3.8) is 0 Å². The Balaban J connectivity index is 2.23. The average Bonchev–Trinajstić information content (AvgIpc) is 2.86. The summed E-state index contributed by atoms with van der Waals surface area (Å²) in [6.07, 6.45) is 0. The van der Waals surface area contributed by atoms with Crippen molar-refractivity contribution in [2.24, 2.45) is 5.92 Å².